The van der Waals surface area contributed by atoms with Crippen LogP contribution in [0.2, 0.25) is 0 Å². The van der Waals surface area contributed by atoms with E-state index in [1.807, 2.05) is 17.8 Å². The first-order valence-electron chi connectivity index (χ1n) is 6.01. The Morgan fingerprint density at radius 2 is 1.94 bits per heavy atom. The lowest BCUT2D eigenvalue weighted by Gasteiger charge is -2.15. The molecule has 0 fully saturated rings. The highest BCUT2D eigenvalue weighted by atomic mass is 32.1. The minimum atomic E-state index is 0.657. The predicted molar refractivity (Wildman–Crippen MR) is 75.7 cm³/mol. The van der Waals surface area contributed by atoms with Gasteiger partial charge in [-0.2, -0.15) is 0 Å². The summed E-state index contributed by atoms with van der Waals surface area (Å²) in [6.07, 6.45) is 5.69. The first-order valence-corrected chi connectivity index (χ1v) is 6.89. The van der Waals surface area contributed by atoms with Crippen LogP contribution in [0.15, 0.2) is 29.9 Å². The molecule has 0 amide bonds. The average Bonchev–Trinajstić information content (AvgIpc) is 2.81. The van der Waals surface area contributed by atoms with E-state index in [-0.39, 0.29) is 0 Å². The average molecular weight is 262 g/mol. The number of aromatic nitrogens is 2. The lowest BCUT2D eigenvalue weighted by atomic mass is 10.2. The summed E-state index contributed by atoms with van der Waals surface area (Å²) in [6, 6.07) is 4.13. The number of anilines is 1. The van der Waals surface area contributed by atoms with Crippen LogP contribution in [0.25, 0.3) is 0 Å². The molecule has 0 aromatic carbocycles. The fourth-order valence-electron chi connectivity index (χ4n) is 1.72. The summed E-state index contributed by atoms with van der Waals surface area (Å²) in [4.78, 5) is 10.6. The number of pyridine rings is 1. The van der Waals surface area contributed by atoms with Gasteiger partial charge < -0.3 is 10.6 Å². The van der Waals surface area contributed by atoms with Crippen molar-refractivity contribution >= 4 is 16.5 Å². The Morgan fingerprint density at radius 3 is 2.61 bits per heavy atom. The number of hydrogen-bond donors (Lipinski definition) is 1. The second kappa shape index (κ2) is 6.47. The van der Waals surface area contributed by atoms with Gasteiger partial charge in [-0.15, -0.1) is 11.3 Å². The summed E-state index contributed by atoms with van der Waals surface area (Å²) >= 11 is 1.51. The Bertz CT molecular complexity index is 469. The third kappa shape index (κ3) is 4.09. The summed E-state index contributed by atoms with van der Waals surface area (Å²) in [7, 11) is 2.14. The van der Waals surface area contributed by atoms with Crippen LogP contribution in [-0.2, 0) is 12.8 Å². The number of nitrogen functional groups attached to an aromatic ring is 1. The van der Waals surface area contributed by atoms with Crippen molar-refractivity contribution in [2.75, 3.05) is 25.9 Å². The SMILES string of the molecule is CN(CCc1ccncc1)CCc1csc(N)n1. The maximum atomic E-state index is 5.61. The molecule has 4 nitrogen and oxygen atoms in total. The summed E-state index contributed by atoms with van der Waals surface area (Å²) in [5.41, 5.74) is 8.03. The van der Waals surface area contributed by atoms with Crippen molar-refractivity contribution in [1.82, 2.24) is 14.9 Å². The smallest absolute Gasteiger partial charge is 0.180 e. The van der Waals surface area contributed by atoms with E-state index in [9.17, 15) is 0 Å². The topological polar surface area (TPSA) is 55.0 Å². The van der Waals surface area contributed by atoms with Crippen molar-refractivity contribution in [2.24, 2.45) is 0 Å². The monoisotopic (exact) mass is 262 g/mol. The quantitative estimate of drug-likeness (QED) is 0.863. The number of rotatable bonds is 6. The zero-order chi connectivity index (χ0) is 12.8. The molecule has 2 aromatic heterocycles. The van der Waals surface area contributed by atoms with Crippen LogP contribution in [0.3, 0.4) is 0 Å². The third-order valence-electron chi connectivity index (χ3n) is 2.85. The number of hydrogen-bond acceptors (Lipinski definition) is 5. The van der Waals surface area contributed by atoms with E-state index in [0.29, 0.717) is 5.13 Å². The number of thiazole rings is 1. The van der Waals surface area contributed by atoms with E-state index in [1.54, 1.807) is 0 Å². The Balaban J connectivity index is 1.71. The van der Waals surface area contributed by atoms with Crippen molar-refractivity contribution < 1.29 is 0 Å². The fourth-order valence-corrected chi connectivity index (χ4v) is 2.32. The maximum Gasteiger partial charge on any atom is 0.180 e. The van der Waals surface area contributed by atoms with Gasteiger partial charge in [0.05, 0.1) is 5.69 Å². The Morgan fingerprint density at radius 1 is 1.22 bits per heavy atom. The Kier molecular flexibility index (Phi) is 4.66. The molecule has 2 heterocycles. The minimum Gasteiger partial charge on any atom is -0.375 e. The standard InChI is InChI=1S/C13H18N4S/c1-17(8-4-11-2-6-15-7-3-11)9-5-12-10-18-13(14)16-12/h2-3,6-7,10H,4-5,8-9H2,1H3,(H2,14,16). The predicted octanol–water partition coefficient (Wildman–Crippen LogP) is 1.84. The second-order valence-corrected chi connectivity index (χ2v) is 5.23. The summed E-state index contributed by atoms with van der Waals surface area (Å²) in [5.74, 6) is 0. The fraction of sp³-hybridized carbons (Fsp3) is 0.385. The molecule has 5 heteroatoms. The van der Waals surface area contributed by atoms with Gasteiger partial charge in [-0.25, -0.2) is 4.98 Å². The van der Waals surface area contributed by atoms with Crippen molar-refractivity contribution in [2.45, 2.75) is 12.8 Å². The number of nitrogens with two attached hydrogens (primary N) is 1. The maximum absolute atomic E-state index is 5.61. The molecule has 0 aliphatic rings. The molecule has 0 saturated heterocycles. The van der Waals surface area contributed by atoms with Crippen LogP contribution < -0.4 is 5.73 Å². The molecule has 0 spiro atoms. The minimum absolute atomic E-state index is 0.657. The van der Waals surface area contributed by atoms with E-state index >= 15 is 0 Å². The first-order chi connectivity index (χ1) is 8.74. The summed E-state index contributed by atoms with van der Waals surface area (Å²) < 4.78 is 0. The summed E-state index contributed by atoms with van der Waals surface area (Å²) in [6.45, 7) is 2.05. The van der Waals surface area contributed by atoms with Crippen molar-refractivity contribution in [3.63, 3.8) is 0 Å². The molecule has 0 atom stereocenters. The molecule has 0 aliphatic carbocycles. The Labute approximate surface area is 111 Å². The van der Waals surface area contributed by atoms with Gasteiger partial charge in [0, 0.05) is 37.3 Å². The lowest BCUT2D eigenvalue weighted by Crippen LogP contribution is -2.23. The molecule has 18 heavy (non-hydrogen) atoms. The molecule has 0 unspecified atom stereocenters. The van der Waals surface area contributed by atoms with Gasteiger partial charge in [-0.3, -0.25) is 4.98 Å². The van der Waals surface area contributed by atoms with E-state index in [1.165, 1.54) is 16.9 Å². The molecule has 2 rings (SSSR count). The zero-order valence-corrected chi connectivity index (χ0v) is 11.4. The van der Waals surface area contributed by atoms with Crippen LogP contribution in [0, 0.1) is 0 Å². The molecule has 0 aliphatic heterocycles. The van der Waals surface area contributed by atoms with Crippen molar-refractivity contribution in [3.8, 4) is 0 Å². The van der Waals surface area contributed by atoms with Gasteiger partial charge in [0.25, 0.3) is 0 Å². The van der Waals surface area contributed by atoms with Gasteiger partial charge in [-0.05, 0) is 31.2 Å². The Hall–Kier alpha value is -1.46. The number of nitrogens with zero attached hydrogens (tertiary/aromatic N) is 3. The third-order valence-corrected chi connectivity index (χ3v) is 3.57. The second-order valence-electron chi connectivity index (χ2n) is 4.34. The van der Waals surface area contributed by atoms with E-state index in [4.69, 9.17) is 5.73 Å². The van der Waals surface area contributed by atoms with Crippen LogP contribution >= 0.6 is 11.3 Å². The lowest BCUT2D eigenvalue weighted by molar-refractivity contribution is 0.342. The molecule has 0 radical (unpaired) electrons. The van der Waals surface area contributed by atoms with E-state index in [0.717, 1.165) is 31.6 Å². The molecular formula is C13H18N4S. The molecule has 2 N–H and O–H groups in total. The zero-order valence-electron chi connectivity index (χ0n) is 10.5. The molecule has 2 aromatic rings. The largest absolute Gasteiger partial charge is 0.375 e. The van der Waals surface area contributed by atoms with Crippen LogP contribution in [0.5, 0.6) is 0 Å². The highest BCUT2D eigenvalue weighted by Crippen LogP contribution is 2.11. The molecule has 96 valence electrons. The van der Waals surface area contributed by atoms with Crippen LogP contribution in [0.4, 0.5) is 5.13 Å². The number of likely N-dealkylation sites (N-methyl/N-ethyl adjacent to an activating group) is 1. The van der Waals surface area contributed by atoms with Gasteiger partial charge >= 0.3 is 0 Å². The summed E-state index contributed by atoms with van der Waals surface area (Å²) in [5, 5.41) is 2.69. The van der Waals surface area contributed by atoms with Gasteiger partial charge in [-0.1, -0.05) is 0 Å². The van der Waals surface area contributed by atoms with Gasteiger partial charge in [0.15, 0.2) is 5.13 Å². The van der Waals surface area contributed by atoms with Crippen LogP contribution in [-0.4, -0.2) is 35.0 Å². The molecule has 0 bridgehead atoms. The van der Waals surface area contributed by atoms with Gasteiger partial charge in [0.1, 0.15) is 0 Å². The van der Waals surface area contributed by atoms with Crippen LogP contribution in [0.1, 0.15) is 11.3 Å². The first kappa shape index (κ1) is 13.0. The molecular weight excluding hydrogens is 244 g/mol. The normalized spacial score (nSPS) is 11.0. The molecule has 0 saturated carbocycles. The van der Waals surface area contributed by atoms with E-state index in [2.05, 4.69) is 34.0 Å². The highest BCUT2D eigenvalue weighted by Gasteiger charge is 2.03. The van der Waals surface area contributed by atoms with Crippen molar-refractivity contribution in [3.05, 3.63) is 41.2 Å². The highest BCUT2D eigenvalue weighted by molar-refractivity contribution is 7.13. The van der Waals surface area contributed by atoms with Crippen molar-refractivity contribution in [1.29, 1.82) is 0 Å². The van der Waals surface area contributed by atoms with Gasteiger partial charge in [0.2, 0.25) is 0 Å². The van der Waals surface area contributed by atoms with E-state index < -0.39 is 0 Å².